The van der Waals surface area contributed by atoms with E-state index in [0.717, 1.165) is 0 Å². The molecule has 0 aromatic heterocycles. The zero-order chi connectivity index (χ0) is 11.0. The number of methoxy groups -OCH3 is 1. The molecular formula is C10H20O4. The molecule has 1 atom stereocenters. The van der Waals surface area contributed by atoms with Gasteiger partial charge in [0.25, 0.3) is 0 Å². The molecule has 0 saturated carbocycles. The summed E-state index contributed by atoms with van der Waals surface area (Å²) in [7, 11) is 1.48. The third-order valence-electron chi connectivity index (χ3n) is 1.68. The first-order valence-corrected chi connectivity index (χ1v) is 4.86. The Morgan fingerprint density at radius 1 is 1.43 bits per heavy atom. The van der Waals surface area contributed by atoms with Gasteiger partial charge in [0.1, 0.15) is 6.61 Å². The average molecular weight is 204 g/mol. The fourth-order valence-corrected chi connectivity index (χ4v) is 0.948. The maximum absolute atomic E-state index is 11.0. The first-order chi connectivity index (χ1) is 6.56. The summed E-state index contributed by atoms with van der Waals surface area (Å²) in [6.07, 6.45) is 0.336. The molecule has 0 bridgehead atoms. The van der Waals surface area contributed by atoms with E-state index in [-0.39, 0.29) is 25.1 Å². The summed E-state index contributed by atoms with van der Waals surface area (Å²) in [4.78, 5) is 11.0. The highest BCUT2D eigenvalue weighted by Crippen LogP contribution is 2.00. The molecule has 0 saturated heterocycles. The first kappa shape index (κ1) is 13.5. The van der Waals surface area contributed by atoms with Crippen molar-refractivity contribution in [2.45, 2.75) is 38.9 Å². The molecule has 0 aliphatic carbocycles. The normalized spacial score (nSPS) is 13.2. The summed E-state index contributed by atoms with van der Waals surface area (Å²) < 4.78 is 9.88. The zero-order valence-electron chi connectivity index (χ0n) is 9.16. The highest BCUT2D eigenvalue weighted by molar-refractivity contribution is 5.79. The second-order valence-corrected chi connectivity index (χ2v) is 3.55. The molecule has 0 aromatic carbocycles. The van der Waals surface area contributed by atoms with Gasteiger partial charge >= 0.3 is 0 Å². The van der Waals surface area contributed by atoms with Gasteiger partial charge in [0.15, 0.2) is 5.78 Å². The molecule has 14 heavy (non-hydrogen) atoms. The van der Waals surface area contributed by atoms with Gasteiger partial charge in [0.05, 0.1) is 18.8 Å². The van der Waals surface area contributed by atoms with E-state index in [2.05, 4.69) is 4.74 Å². The zero-order valence-corrected chi connectivity index (χ0v) is 9.16. The van der Waals surface area contributed by atoms with Crippen molar-refractivity contribution in [2.75, 3.05) is 20.3 Å². The molecule has 0 spiro atoms. The summed E-state index contributed by atoms with van der Waals surface area (Å²) in [6, 6.07) is 0. The summed E-state index contributed by atoms with van der Waals surface area (Å²) in [5.74, 6) is 0.0103. The Hall–Kier alpha value is -0.450. The van der Waals surface area contributed by atoms with E-state index in [4.69, 9.17) is 4.74 Å². The van der Waals surface area contributed by atoms with Crippen molar-refractivity contribution in [1.82, 2.24) is 0 Å². The van der Waals surface area contributed by atoms with Gasteiger partial charge in [-0.05, 0) is 20.3 Å². The summed E-state index contributed by atoms with van der Waals surface area (Å²) in [5.41, 5.74) is 0. The van der Waals surface area contributed by atoms with Crippen LogP contribution in [0.15, 0.2) is 0 Å². The van der Waals surface area contributed by atoms with Crippen LogP contribution in [0.1, 0.15) is 26.7 Å². The van der Waals surface area contributed by atoms with Crippen LogP contribution in [0.25, 0.3) is 0 Å². The Kier molecular flexibility index (Phi) is 7.65. The lowest BCUT2D eigenvalue weighted by Gasteiger charge is -2.12. The van der Waals surface area contributed by atoms with Gasteiger partial charge in [0.2, 0.25) is 0 Å². The number of carbonyl (C=O) groups excluding carboxylic acids is 1. The monoisotopic (exact) mass is 204 g/mol. The molecule has 0 aliphatic heterocycles. The summed E-state index contributed by atoms with van der Waals surface area (Å²) >= 11 is 0. The molecule has 4 nitrogen and oxygen atoms in total. The molecule has 1 unspecified atom stereocenters. The molecule has 0 aromatic rings. The SMILES string of the molecule is COCC(=O)CCC(O)COC(C)C. The molecule has 0 rings (SSSR count). The Balaban J connectivity index is 3.43. The Morgan fingerprint density at radius 2 is 2.07 bits per heavy atom. The van der Waals surface area contributed by atoms with E-state index in [1.807, 2.05) is 13.8 Å². The fraction of sp³-hybridized carbons (Fsp3) is 0.900. The number of ketones is 1. The molecule has 0 aliphatic rings. The number of carbonyl (C=O) groups is 1. The lowest BCUT2D eigenvalue weighted by atomic mass is 10.1. The number of rotatable bonds is 8. The van der Waals surface area contributed by atoms with Crippen LogP contribution < -0.4 is 0 Å². The van der Waals surface area contributed by atoms with Gasteiger partial charge in [-0.25, -0.2) is 0 Å². The minimum atomic E-state index is -0.557. The lowest BCUT2D eigenvalue weighted by molar-refractivity contribution is -0.123. The predicted octanol–water partition coefficient (Wildman–Crippen LogP) is 0.768. The van der Waals surface area contributed by atoms with Crippen molar-refractivity contribution in [3.05, 3.63) is 0 Å². The molecule has 0 radical (unpaired) electrons. The van der Waals surface area contributed by atoms with Crippen molar-refractivity contribution in [1.29, 1.82) is 0 Å². The molecule has 84 valence electrons. The van der Waals surface area contributed by atoms with Gasteiger partial charge in [-0.3, -0.25) is 4.79 Å². The summed E-state index contributed by atoms with van der Waals surface area (Å²) in [5, 5.41) is 9.40. The van der Waals surface area contributed by atoms with Gasteiger partial charge in [0, 0.05) is 13.5 Å². The maximum Gasteiger partial charge on any atom is 0.158 e. The quantitative estimate of drug-likeness (QED) is 0.634. The van der Waals surface area contributed by atoms with Crippen LogP contribution in [0.5, 0.6) is 0 Å². The third kappa shape index (κ3) is 8.16. The van der Waals surface area contributed by atoms with E-state index < -0.39 is 6.10 Å². The largest absolute Gasteiger partial charge is 0.391 e. The van der Waals surface area contributed by atoms with E-state index in [0.29, 0.717) is 12.8 Å². The maximum atomic E-state index is 11.0. The highest BCUT2D eigenvalue weighted by Gasteiger charge is 2.08. The average Bonchev–Trinajstić information content (AvgIpc) is 2.12. The number of hydrogen-bond donors (Lipinski definition) is 1. The number of Topliss-reactive ketones (excluding diaryl/α,β-unsaturated/α-hetero) is 1. The van der Waals surface area contributed by atoms with Gasteiger partial charge < -0.3 is 14.6 Å². The lowest BCUT2D eigenvalue weighted by Crippen LogP contribution is -2.20. The minimum Gasteiger partial charge on any atom is -0.391 e. The van der Waals surface area contributed by atoms with Gasteiger partial charge in [-0.2, -0.15) is 0 Å². The van der Waals surface area contributed by atoms with Crippen molar-refractivity contribution in [3.63, 3.8) is 0 Å². The molecule has 4 heteroatoms. The fourth-order valence-electron chi connectivity index (χ4n) is 0.948. The molecule has 0 amide bonds. The third-order valence-corrected chi connectivity index (χ3v) is 1.68. The smallest absolute Gasteiger partial charge is 0.158 e. The van der Waals surface area contributed by atoms with Crippen molar-refractivity contribution >= 4 is 5.78 Å². The highest BCUT2D eigenvalue weighted by atomic mass is 16.5. The van der Waals surface area contributed by atoms with Crippen LogP contribution in [0, 0.1) is 0 Å². The number of hydrogen-bond acceptors (Lipinski definition) is 4. The summed E-state index contributed by atoms with van der Waals surface area (Å²) in [6.45, 7) is 4.22. The molecular weight excluding hydrogens is 184 g/mol. The van der Waals surface area contributed by atoms with Crippen LogP contribution in [0.2, 0.25) is 0 Å². The Bertz CT molecular complexity index is 156. The van der Waals surface area contributed by atoms with Crippen molar-refractivity contribution in [3.8, 4) is 0 Å². The van der Waals surface area contributed by atoms with E-state index in [1.165, 1.54) is 7.11 Å². The Morgan fingerprint density at radius 3 is 2.57 bits per heavy atom. The topological polar surface area (TPSA) is 55.8 Å². The van der Waals surface area contributed by atoms with E-state index in [1.54, 1.807) is 0 Å². The Labute approximate surface area is 85.2 Å². The van der Waals surface area contributed by atoms with E-state index in [9.17, 15) is 9.90 Å². The second kappa shape index (κ2) is 7.91. The molecule has 0 heterocycles. The van der Waals surface area contributed by atoms with Gasteiger partial charge in [-0.15, -0.1) is 0 Å². The molecule has 1 N–H and O–H groups in total. The van der Waals surface area contributed by atoms with Crippen LogP contribution in [-0.4, -0.2) is 43.4 Å². The standard InChI is InChI=1S/C10H20O4/c1-8(2)14-7-10(12)5-4-9(11)6-13-3/h8,10,12H,4-7H2,1-3H3. The van der Waals surface area contributed by atoms with Crippen LogP contribution in [0.4, 0.5) is 0 Å². The van der Waals surface area contributed by atoms with Crippen molar-refractivity contribution in [2.24, 2.45) is 0 Å². The van der Waals surface area contributed by atoms with Crippen molar-refractivity contribution < 1.29 is 19.4 Å². The number of aliphatic hydroxyl groups excluding tert-OH is 1. The first-order valence-electron chi connectivity index (χ1n) is 4.86. The number of ether oxygens (including phenoxy) is 2. The van der Waals surface area contributed by atoms with Crippen LogP contribution >= 0.6 is 0 Å². The van der Waals surface area contributed by atoms with E-state index >= 15 is 0 Å². The molecule has 0 fully saturated rings. The van der Waals surface area contributed by atoms with Crippen LogP contribution in [0.3, 0.4) is 0 Å². The van der Waals surface area contributed by atoms with Crippen LogP contribution in [-0.2, 0) is 14.3 Å². The second-order valence-electron chi connectivity index (χ2n) is 3.55. The predicted molar refractivity (Wildman–Crippen MR) is 53.2 cm³/mol. The number of aliphatic hydroxyl groups is 1. The van der Waals surface area contributed by atoms with Gasteiger partial charge in [-0.1, -0.05) is 0 Å². The minimum absolute atomic E-state index is 0.0103.